The van der Waals surface area contributed by atoms with E-state index >= 15 is 0 Å². The van der Waals surface area contributed by atoms with E-state index in [2.05, 4.69) is 5.32 Å². The minimum Gasteiger partial charge on any atom is -0.314 e. The number of benzene rings is 1. The molecule has 1 saturated heterocycles. The van der Waals surface area contributed by atoms with E-state index in [1.807, 2.05) is 0 Å². The predicted molar refractivity (Wildman–Crippen MR) is 88.4 cm³/mol. The number of hydrogen-bond acceptors (Lipinski definition) is 2. The van der Waals surface area contributed by atoms with Crippen molar-refractivity contribution < 1.29 is 30.7 Å². The Kier molecular flexibility index (Phi) is 9.67. The Balaban J connectivity index is 0.00000312. The molecule has 1 fully saturated rings. The first kappa shape index (κ1) is 25.2. The molecule has 0 spiro atoms. The topological polar surface area (TPSA) is 15.3 Å². The average molecular weight is 431 g/mol. The van der Waals surface area contributed by atoms with Crippen molar-refractivity contribution in [1.82, 2.24) is 10.2 Å². The van der Waals surface area contributed by atoms with Crippen LogP contribution in [0.25, 0.3) is 0 Å². The Labute approximate surface area is 158 Å². The third-order valence-electron chi connectivity index (χ3n) is 3.97. The first-order valence-electron chi connectivity index (χ1n) is 7.46. The van der Waals surface area contributed by atoms with Gasteiger partial charge in [0.2, 0.25) is 0 Å². The number of nitrogens with one attached hydrogen (secondary N) is 1. The molecule has 1 aliphatic heterocycles. The summed E-state index contributed by atoms with van der Waals surface area (Å²) in [5.41, 5.74) is -1.52. The van der Waals surface area contributed by atoms with Gasteiger partial charge in [-0.3, -0.25) is 4.90 Å². The average Bonchev–Trinajstić information content (AvgIpc) is 2.47. The van der Waals surface area contributed by atoms with Gasteiger partial charge < -0.3 is 5.32 Å². The lowest BCUT2D eigenvalue weighted by atomic mass is 9.94. The summed E-state index contributed by atoms with van der Waals surface area (Å²) in [6.07, 6.45) is -11.0. The first-order chi connectivity index (χ1) is 11.1. The van der Waals surface area contributed by atoms with Crippen LogP contribution < -0.4 is 5.32 Å². The standard InChI is InChI=1S/C15H17F7N2.2ClH/c16-10-1-2-11(12(9-10)15(20,21)22)13(3-4-14(17,18)19)24-7-5-23-6-8-24;;/h1-2,9,13,23H,3-8H2;2*1H/t13-;;/m1../s1. The molecule has 1 aromatic rings. The number of halogens is 9. The van der Waals surface area contributed by atoms with Crippen LogP contribution in [-0.4, -0.2) is 37.3 Å². The van der Waals surface area contributed by atoms with Crippen LogP contribution >= 0.6 is 24.8 Å². The van der Waals surface area contributed by atoms with Crippen LogP contribution in [0.2, 0.25) is 0 Å². The summed E-state index contributed by atoms with van der Waals surface area (Å²) < 4.78 is 90.6. The van der Waals surface area contributed by atoms with Gasteiger partial charge in [0.15, 0.2) is 0 Å². The van der Waals surface area contributed by atoms with Gasteiger partial charge in [0.1, 0.15) is 5.82 Å². The highest BCUT2D eigenvalue weighted by Crippen LogP contribution is 2.39. The second-order valence-electron chi connectivity index (χ2n) is 5.68. The van der Waals surface area contributed by atoms with E-state index in [9.17, 15) is 30.7 Å². The van der Waals surface area contributed by atoms with Gasteiger partial charge in [-0.25, -0.2) is 4.39 Å². The SMILES string of the molecule is Cl.Cl.Fc1ccc([C@@H](CCC(F)(F)F)N2CCNCC2)c(C(F)(F)F)c1. The summed E-state index contributed by atoms with van der Waals surface area (Å²) in [7, 11) is 0. The van der Waals surface area contributed by atoms with Crippen LogP contribution in [0.1, 0.15) is 30.0 Å². The number of nitrogens with zero attached hydrogens (tertiary/aromatic N) is 1. The van der Waals surface area contributed by atoms with Crippen LogP contribution in [0.5, 0.6) is 0 Å². The van der Waals surface area contributed by atoms with Gasteiger partial charge in [0, 0.05) is 38.6 Å². The smallest absolute Gasteiger partial charge is 0.314 e. The normalized spacial score (nSPS) is 17.2. The zero-order valence-corrected chi connectivity index (χ0v) is 15.1. The maximum Gasteiger partial charge on any atom is 0.416 e. The lowest BCUT2D eigenvalue weighted by Crippen LogP contribution is -2.45. The number of alkyl halides is 6. The van der Waals surface area contributed by atoms with E-state index in [1.165, 1.54) is 0 Å². The molecule has 1 aliphatic rings. The molecule has 2 rings (SSSR count). The van der Waals surface area contributed by atoms with Gasteiger partial charge >= 0.3 is 12.4 Å². The third kappa shape index (κ3) is 7.09. The van der Waals surface area contributed by atoms with Crippen LogP contribution in [0.15, 0.2) is 18.2 Å². The molecule has 1 heterocycles. The number of rotatable bonds is 4. The summed E-state index contributed by atoms with van der Waals surface area (Å²) in [5, 5.41) is 3.00. The quantitative estimate of drug-likeness (QED) is 0.677. The third-order valence-corrected chi connectivity index (χ3v) is 3.97. The van der Waals surface area contributed by atoms with Crippen LogP contribution in [0.3, 0.4) is 0 Å². The number of hydrogen-bond donors (Lipinski definition) is 1. The fraction of sp³-hybridized carbons (Fsp3) is 0.600. The number of piperazine rings is 1. The Morgan fingerprint density at radius 1 is 1.00 bits per heavy atom. The maximum absolute atomic E-state index is 13.3. The van der Waals surface area contributed by atoms with E-state index in [4.69, 9.17) is 0 Å². The largest absolute Gasteiger partial charge is 0.416 e. The second kappa shape index (κ2) is 9.96. The van der Waals surface area contributed by atoms with Crippen molar-refractivity contribution in [3.8, 4) is 0 Å². The Morgan fingerprint density at radius 2 is 1.58 bits per heavy atom. The summed E-state index contributed by atoms with van der Waals surface area (Å²) in [4.78, 5) is 1.59. The molecule has 2 nitrogen and oxygen atoms in total. The van der Waals surface area contributed by atoms with Crippen molar-refractivity contribution in [2.45, 2.75) is 31.2 Å². The van der Waals surface area contributed by atoms with Crippen molar-refractivity contribution >= 4 is 24.8 Å². The molecule has 0 radical (unpaired) electrons. The molecule has 0 aromatic heterocycles. The van der Waals surface area contributed by atoms with Crippen molar-refractivity contribution in [3.63, 3.8) is 0 Å². The zero-order valence-electron chi connectivity index (χ0n) is 13.5. The minimum atomic E-state index is -4.83. The van der Waals surface area contributed by atoms with Crippen molar-refractivity contribution in [2.24, 2.45) is 0 Å². The van der Waals surface area contributed by atoms with E-state index in [0.717, 1.165) is 12.1 Å². The molecule has 11 heteroatoms. The van der Waals surface area contributed by atoms with E-state index in [0.29, 0.717) is 32.2 Å². The molecule has 0 bridgehead atoms. The van der Waals surface area contributed by atoms with Gasteiger partial charge in [-0.2, -0.15) is 26.3 Å². The summed E-state index contributed by atoms with van der Waals surface area (Å²) >= 11 is 0. The lowest BCUT2D eigenvalue weighted by Gasteiger charge is -2.36. The molecule has 0 aliphatic carbocycles. The Hall–Kier alpha value is -0.770. The van der Waals surface area contributed by atoms with Gasteiger partial charge in [0.05, 0.1) is 5.56 Å². The van der Waals surface area contributed by atoms with Crippen LogP contribution in [0, 0.1) is 5.82 Å². The van der Waals surface area contributed by atoms with Crippen LogP contribution in [0.4, 0.5) is 30.7 Å². The molecular formula is C15H19Cl2F7N2. The van der Waals surface area contributed by atoms with Gasteiger partial charge in [-0.1, -0.05) is 6.07 Å². The highest BCUT2D eigenvalue weighted by atomic mass is 35.5. The van der Waals surface area contributed by atoms with Crippen molar-refractivity contribution in [1.29, 1.82) is 0 Å². The van der Waals surface area contributed by atoms with E-state index in [-0.39, 0.29) is 30.4 Å². The Morgan fingerprint density at radius 3 is 2.08 bits per heavy atom. The zero-order chi connectivity index (χ0) is 18.0. The molecule has 152 valence electrons. The van der Waals surface area contributed by atoms with Crippen molar-refractivity contribution in [2.75, 3.05) is 26.2 Å². The van der Waals surface area contributed by atoms with Gasteiger partial charge in [-0.05, 0) is 24.1 Å². The minimum absolute atomic E-state index is 0. The summed E-state index contributed by atoms with van der Waals surface area (Å²) in [5.74, 6) is -1.07. The van der Waals surface area contributed by atoms with Crippen molar-refractivity contribution in [3.05, 3.63) is 35.1 Å². The summed E-state index contributed by atoms with van der Waals surface area (Å²) in [6.45, 7) is 1.62. The molecule has 26 heavy (non-hydrogen) atoms. The van der Waals surface area contributed by atoms with Gasteiger partial charge in [-0.15, -0.1) is 24.8 Å². The maximum atomic E-state index is 13.3. The predicted octanol–water partition coefficient (Wildman–Crippen LogP) is 4.98. The highest BCUT2D eigenvalue weighted by molar-refractivity contribution is 5.85. The van der Waals surface area contributed by atoms with Crippen LogP contribution in [-0.2, 0) is 6.18 Å². The fourth-order valence-corrected chi connectivity index (χ4v) is 2.89. The molecule has 1 atom stereocenters. The monoisotopic (exact) mass is 430 g/mol. The lowest BCUT2D eigenvalue weighted by molar-refractivity contribution is -0.141. The molecular weight excluding hydrogens is 412 g/mol. The summed E-state index contributed by atoms with van der Waals surface area (Å²) in [6, 6.07) is 1.08. The highest BCUT2D eigenvalue weighted by Gasteiger charge is 2.38. The molecule has 1 N–H and O–H groups in total. The molecule has 0 saturated carbocycles. The molecule has 0 amide bonds. The Bertz CT molecular complexity index is 558. The van der Waals surface area contributed by atoms with E-state index in [1.54, 1.807) is 4.90 Å². The second-order valence-corrected chi connectivity index (χ2v) is 5.68. The molecule has 0 unspecified atom stereocenters. The van der Waals surface area contributed by atoms with E-state index < -0.39 is 42.6 Å². The molecule has 1 aromatic carbocycles. The first-order valence-corrected chi connectivity index (χ1v) is 7.46. The fourth-order valence-electron chi connectivity index (χ4n) is 2.89. The van der Waals surface area contributed by atoms with Gasteiger partial charge in [0.25, 0.3) is 0 Å².